The zero-order valence-corrected chi connectivity index (χ0v) is 15.5. The van der Waals surface area contributed by atoms with Crippen LogP contribution in [0.3, 0.4) is 0 Å². The number of nitrogens with one attached hydrogen (secondary N) is 1. The first-order valence-corrected chi connectivity index (χ1v) is 10.4. The van der Waals surface area contributed by atoms with Crippen LogP contribution in [0.5, 0.6) is 0 Å². The van der Waals surface area contributed by atoms with Crippen LogP contribution in [0, 0.1) is 11.8 Å². The molecule has 3 fully saturated rings. The van der Waals surface area contributed by atoms with Gasteiger partial charge in [0.2, 0.25) is 11.8 Å². The Morgan fingerprint density at radius 2 is 1.80 bits per heavy atom. The lowest BCUT2D eigenvalue weighted by molar-refractivity contribution is -0.139. The van der Waals surface area contributed by atoms with Gasteiger partial charge in [0, 0.05) is 32.2 Å². The molecule has 3 rings (SSSR count). The van der Waals surface area contributed by atoms with E-state index in [1.54, 1.807) is 0 Å². The van der Waals surface area contributed by atoms with Crippen molar-refractivity contribution in [2.45, 2.75) is 76.7 Å². The monoisotopic (exact) mass is 350 g/mol. The van der Waals surface area contributed by atoms with E-state index in [0.29, 0.717) is 26.2 Å². The molecule has 5 nitrogen and oxygen atoms in total. The minimum Gasteiger partial charge on any atom is -0.380 e. The SMILES string of the molecule is O=C1NCCOCCCN(C(=O)CCC2CCCC2)[C@H]2CCCC[C@@H]12. The minimum atomic E-state index is -0.0396. The molecular weight excluding hydrogens is 316 g/mol. The summed E-state index contributed by atoms with van der Waals surface area (Å²) in [6.45, 7) is 2.55. The number of hydrogen-bond donors (Lipinski definition) is 1. The van der Waals surface area contributed by atoms with E-state index in [0.717, 1.165) is 51.0 Å². The standard InChI is InChI=1S/C20H34N2O3/c23-19(11-10-16-6-1-2-7-16)22-13-5-14-25-15-12-21-20(24)17-8-3-4-9-18(17)22/h16-18H,1-15H2,(H,21,24)/t17-,18+/m1/s1. The summed E-state index contributed by atoms with van der Waals surface area (Å²) < 4.78 is 5.58. The third kappa shape index (κ3) is 5.19. The summed E-state index contributed by atoms with van der Waals surface area (Å²) in [4.78, 5) is 27.7. The van der Waals surface area contributed by atoms with Gasteiger partial charge in [0.25, 0.3) is 0 Å². The number of hydrogen-bond acceptors (Lipinski definition) is 3. The fourth-order valence-electron chi connectivity index (χ4n) is 4.85. The summed E-state index contributed by atoms with van der Waals surface area (Å²) in [6.07, 6.45) is 11.9. The van der Waals surface area contributed by atoms with Gasteiger partial charge < -0.3 is 15.0 Å². The largest absolute Gasteiger partial charge is 0.380 e. The van der Waals surface area contributed by atoms with E-state index < -0.39 is 0 Å². The van der Waals surface area contributed by atoms with Gasteiger partial charge in [-0.15, -0.1) is 0 Å². The van der Waals surface area contributed by atoms with Crippen molar-refractivity contribution in [1.82, 2.24) is 10.2 Å². The molecule has 142 valence electrons. The summed E-state index contributed by atoms with van der Waals surface area (Å²) in [5.41, 5.74) is 0. The average Bonchev–Trinajstić information content (AvgIpc) is 3.14. The number of carbonyl (C=O) groups excluding carboxylic acids is 2. The van der Waals surface area contributed by atoms with Crippen LogP contribution in [0.15, 0.2) is 0 Å². The molecule has 0 bridgehead atoms. The maximum Gasteiger partial charge on any atom is 0.225 e. The molecule has 1 heterocycles. The van der Waals surface area contributed by atoms with E-state index in [1.807, 2.05) is 4.90 Å². The lowest BCUT2D eigenvalue weighted by Crippen LogP contribution is -2.51. The Morgan fingerprint density at radius 1 is 1.04 bits per heavy atom. The van der Waals surface area contributed by atoms with Gasteiger partial charge in [-0.2, -0.15) is 0 Å². The molecule has 0 radical (unpaired) electrons. The Bertz CT molecular complexity index is 448. The Balaban J connectivity index is 1.66. The number of fused-ring (bicyclic) bond motifs is 1. The Morgan fingerprint density at radius 3 is 2.64 bits per heavy atom. The molecule has 3 aliphatic rings. The summed E-state index contributed by atoms with van der Waals surface area (Å²) >= 11 is 0. The van der Waals surface area contributed by atoms with Gasteiger partial charge >= 0.3 is 0 Å². The van der Waals surface area contributed by atoms with Crippen LogP contribution in [0.25, 0.3) is 0 Å². The molecule has 0 unspecified atom stereocenters. The maximum absolute atomic E-state index is 13.0. The molecule has 0 aromatic rings. The zero-order chi connectivity index (χ0) is 17.5. The zero-order valence-electron chi connectivity index (χ0n) is 15.5. The second kappa shape index (κ2) is 9.56. The lowest BCUT2D eigenvalue weighted by Gasteiger charge is -2.39. The van der Waals surface area contributed by atoms with Gasteiger partial charge in [0.1, 0.15) is 0 Å². The van der Waals surface area contributed by atoms with Crippen molar-refractivity contribution in [3.63, 3.8) is 0 Å². The predicted molar refractivity (Wildman–Crippen MR) is 97.1 cm³/mol. The molecule has 5 heteroatoms. The first-order valence-electron chi connectivity index (χ1n) is 10.4. The van der Waals surface area contributed by atoms with Gasteiger partial charge in [-0.1, -0.05) is 38.5 Å². The molecular formula is C20H34N2O3. The molecule has 1 aliphatic heterocycles. The van der Waals surface area contributed by atoms with Gasteiger partial charge in [-0.05, 0) is 31.6 Å². The van der Waals surface area contributed by atoms with Crippen LogP contribution in [-0.4, -0.2) is 49.1 Å². The molecule has 25 heavy (non-hydrogen) atoms. The van der Waals surface area contributed by atoms with Crippen LogP contribution >= 0.6 is 0 Å². The lowest BCUT2D eigenvalue weighted by atomic mass is 9.82. The smallest absolute Gasteiger partial charge is 0.225 e. The second-order valence-electron chi connectivity index (χ2n) is 7.99. The fraction of sp³-hybridized carbons (Fsp3) is 0.900. The normalized spacial score (nSPS) is 29.6. The van der Waals surface area contributed by atoms with Crippen LogP contribution in [-0.2, 0) is 14.3 Å². The van der Waals surface area contributed by atoms with Crippen LogP contribution < -0.4 is 5.32 Å². The number of ether oxygens (including phenoxy) is 1. The molecule has 2 atom stereocenters. The van der Waals surface area contributed by atoms with E-state index in [4.69, 9.17) is 4.74 Å². The summed E-state index contributed by atoms with van der Waals surface area (Å²) in [7, 11) is 0. The third-order valence-corrected chi connectivity index (χ3v) is 6.26. The highest BCUT2D eigenvalue weighted by atomic mass is 16.5. The summed E-state index contributed by atoms with van der Waals surface area (Å²) in [5, 5.41) is 3.01. The molecule has 2 saturated carbocycles. The van der Waals surface area contributed by atoms with Crippen molar-refractivity contribution in [3.8, 4) is 0 Å². The van der Waals surface area contributed by atoms with E-state index in [-0.39, 0.29) is 23.8 Å². The highest BCUT2D eigenvalue weighted by Crippen LogP contribution is 2.32. The van der Waals surface area contributed by atoms with Crippen LogP contribution in [0.1, 0.15) is 70.6 Å². The van der Waals surface area contributed by atoms with Crippen molar-refractivity contribution in [2.75, 3.05) is 26.3 Å². The molecule has 0 spiro atoms. The molecule has 1 saturated heterocycles. The molecule has 1 N–H and O–H groups in total. The summed E-state index contributed by atoms with van der Waals surface area (Å²) in [6, 6.07) is 0.0860. The van der Waals surface area contributed by atoms with Crippen LogP contribution in [0.2, 0.25) is 0 Å². The summed E-state index contributed by atoms with van der Waals surface area (Å²) in [5.74, 6) is 1.07. The molecule has 2 aliphatic carbocycles. The van der Waals surface area contributed by atoms with Crippen molar-refractivity contribution in [1.29, 1.82) is 0 Å². The molecule has 2 amide bonds. The van der Waals surface area contributed by atoms with Gasteiger partial charge in [0.15, 0.2) is 0 Å². The second-order valence-corrected chi connectivity index (χ2v) is 7.99. The van der Waals surface area contributed by atoms with E-state index >= 15 is 0 Å². The Hall–Kier alpha value is -1.10. The molecule has 0 aromatic carbocycles. The Kier molecular flexibility index (Phi) is 7.14. The van der Waals surface area contributed by atoms with Crippen molar-refractivity contribution >= 4 is 11.8 Å². The number of nitrogens with zero attached hydrogens (tertiary/aromatic N) is 1. The van der Waals surface area contributed by atoms with Crippen LogP contribution in [0.4, 0.5) is 0 Å². The van der Waals surface area contributed by atoms with E-state index in [2.05, 4.69) is 5.32 Å². The average molecular weight is 351 g/mol. The topological polar surface area (TPSA) is 58.6 Å². The van der Waals surface area contributed by atoms with Gasteiger partial charge in [-0.3, -0.25) is 9.59 Å². The highest BCUT2D eigenvalue weighted by molar-refractivity contribution is 5.82. The van der Waals surface area contributed by atoms with Crippen molar-refractivity contribution in [2.24, 2.45) is 11.8 Å². The Labute approximate surface area is 151 Å². The highest BCUT2D eigenvalue weighted by Gasteiger charge is 2.37. The van der Waals surface area contributed by atoms with E-state index in [9.17, 15) is 9.59 Å². The maximum atomic E-state index is 13.0. The number of amides is 2. The van der Waals surface area contributed by atoms with Gasteiger partial charge in [-0.25, -0.2) is 0 Å². The third-order valence-electron chi connectivity index (χ3n) is 6.26. The minimum absolute atomic E-state index is 0.0396. The predicted octanol–water partition coefficient (Wildman–Crippen LogP) is 2.88. The van der Waals surface area contributed by atoms with E-state index in [1.165, 1.54) is 25.7 Å². The van der Waals surface area contributed by atoms with Gasteiger partial charge in [0.05, 0.1) is 12.5 Å². The first kappa shape index (κ1) is 18.7. The first-order chi connectivity index (χ1) is 12.3. The van der Waals surface area contributed by atoms with Crippen molar-refractivity contribution < 1.29 is 14.3 Å². The quantitative estimate of drug-likeness (QED) is 0.851. The fourth-order valence-corrected chi connectivity index (χ4v) is 4.85. The molecule has 0 aromatic heterocycles. The van der Waals surface area contributed by atoms with Crippen molar-refractivity contribution in [3.05, 3.63) is 0 Å². The number of rotatable bonds is 3. The number of carbonyl (C=O) groups is 2.